The molecule has 0 spiro atoms. The van der Waals surface area contributed by atoms with E-state index in [9.17, 15) is 9.18 Å². The Morgan fingerprint density at radius 3 is 2.70 bits per heavy atom. The lowest BCUT2D eigenvalue weighted by atomic mass is 10.1. The van der Waals surface area contributed by atoms with Gasteiger partial charge in [0, 0.05) is 11.6 Å². The van der Waals surface area contributed by atoms with Gasteiger partial charge in [0.15, 0.2) is 0 Å². The van der Waals surface area contributed by atoms with Gasteiger partial charge in [-0.05, 0) is 35.7 Å². The molecule has 2 nitrogen and oxygen atoms in total. The van der Waals surface area contributed by atoms with Crippen LogP contribution in [0.15, 0.2) is 48.5 Å². The molecule has 1 N–H and O–H groups in total. The van der Waals surface area contributed by atoms with E-state index in [0.717, 1.165) is 5.56 Å². The van der Waals surface area contributed by atoms with E-state index in [2.05, 4.69) is 5.32 Å². The smallest absolute Gasteiger partial charge is 0.224 e. The van der Waals surface area contributed by atoms with Gasteiger partial charge in [-0.1, -0.05) is 41.9 Å². The van der Waals surface area contributed by atoms with Crippen LogP contribution in [0.25, 0.3) is 0 Å². The summed E-state index contributed by atoms with van der Waals surface area (Å²) >= 11 is 5.88. The van der Waals surface area contributed by atoms with Gasteiger partial charge in [0.2, 0.25) is 5.91 Å². The third-order valence-electron chi connectivity index (χ3n) is 2.93. The van der Waals surface area contributed by atoms with Crippen LogP contribution < -0.4 is 5.32 Å². The number of carbonyl (C=O) groups is 1. The minimum absolute atomic E-state index is 0.0578. The van der Waals surface area contributed by atoms with Crippen LogP contribution in [-0.4, -0.2) is 12.5 Å². The summed E-state index contributed by atoms with van der Waals surface area (Å²) in [6.07, 6.45) is 0.756. The fourth-order valence-corrected chi connectivity index (χ4v) is 2.13. The summed E-state index contributed by atoms with van der Waals surface area (Å²) in [4.78, 5) is 11.7. The summed E-state index contributed by atoms with van der Waals surface area (Å²) in [5.41, 5.74) is 1.47. The molecule has 0 saturated carbocycles. The second-order valence-corrected chi connectivity index (χ2v) is 4.93. The van der Waals surface area contributed by atoms with Crippen LogP contribution in [0.2, 0.25) is 5.02 Å². The van der Waals surface area contributed by atoms with Crippen LogP contribution in [0, 0.1) is 5.82 Å². The van der Waals surface area contributed by atoms with Crippen molar-refractivity contribution in [1.82, 2.24) is 5.32 Å². The molecule has 0 saturated heterocycles. The first-order valence-corrected chi connectivity index (χ1v) is 6.77. The minimum atomic E-state index is -0.350. The van der Waals surface area contributed by atoms with E-state index >= 15 is 0 Å². The summed E-state index contributed by atoms with van der Waals surface area (Å²) in [5.74, 6) is -0.533. The van der Waals surface area contributed by atoms with Gasteiger partial charge in [0.1, 0.15) is 5.82 Å². The van der Waals surface area contributed by atoms with Crippen molar-refractivity contribution in [2.45, 2.75) is 12.8 Å². The molecule has 104 valence electrons. The standard InChI is InChI=1S/C16H15ClFNO/c17-14-6-3-4-12(10-14)8-9-19-16(20)11-13-5-1-2-7-15(13)18/h1-7,10H,8-9,11H2,(H,19,20). The van der Waals surface area contributed by atoms with Crippen LogP contribution in [0.1, 0.15) is 11.1 Å². The van der Waals surface area contributed by atoms with E-state index in [1.165, 1.54) is 6.07 Å². The zero-order chi connectivity index (χ0) is 14.4. The molecule has 0 aliphatic heterocycles. The zero-order valence-corrected chi connectivity index (χ0v) is 11.7. The van der Waals surface area contributed by atoms with Crippen LogP contribution in [0.5, 0.6) is 0 Å². The highest BCUT2D eigenvalue weighted by molar-refractivity contribution is 6.30. The van der Waals surface area contributed by atoms with Gasteiger partial charge in [-0.25, -0.2) is 4.39 Å². The molecule has 0 aliphatic carbocycles. The van der Waals surface area contributed by atoms with Gasteiger partial charge >= 0.3 is 0 Å². The topological polar surface area (TPSA) is 29.1 Å². The Morgan fingerprint density at radius 2 is 1.95 bits per heavy atom. The Morgan fingerprint density at radius 1 is 1.15 bits per heavy atom. The third kappa shape index (κ3) is 4.35. The Balaban J connectivity index is 1.80. The number of carbonyl (C=O) groups excluding carboxylic acids is 1. The van der Waals surface area contributed by atoms with Crippen molar-refractivity contribution in [2.75, 3.05) is 6.54 Å². The van der Waals surface area contributed by atoms with E-state index in [-0.39, 0.29) is 18.1 Å². The maximum Gasteiger partial charge on any atom is 0.224 e. The number of nitrogens with one attached hydrogen (secondary N) is 1. The Hall–Kier alpha value is -1.87. The van der Waals surface area contributed by atoms with E-state index in [0.29, 0.717) is 23.6 Å². The first-order chi connectivity index (χ1) is 9.65. The molecule has 2 aromatic carbocycles. The molecule has 0 radical (unpaired) electrons. The summed E-state index contributed by atoms with van der Waals surface area (Å²) in [5, 5.41) is 3.46. The maximum atomic E-state index is 13.4. The van der Waals surface area contributed by atoms with Gasteiger partial charge in [0.05, 0.1) is 6.42 Å². The number of rotatable bonds is 5. The molecule has 0 aromatic heterocycles. The molecule has 2 rings (SSSR count). The Kier molecular flexibility index (Phi) is 5.13. The molecule has 0 fully saturated rings. The third-order valence-corrected chi connectivity index (χ3v) is 3.17. The molecule has 2 aromatic rings. The second-order valence-electron chi connectivity index (χ2n) is 4.50. The summed E-state index contributed by atoms with van der Waals surface area (Å²) in [6.45, 7) is 0.508. The molecule has 20 heavy (non-hydrogen) atoms. The second kappa shape index (κ2) is 7.06. The van der Waals surface area contributed by atoms with Gasteiger partial charge < -0.3 is 5.32 Å². The molecule has 0 bridgehead atoms. The lowest BCUT2D eigenvalue weighted by Gasteiger charge is -2.06. The van der Waals surface area contributed by atoms with E-state index in [1.54, 1.807) is 18.2 Å². The van der Waals surface area contributed by atoms with E-state index < -0.39 is 0 Å². The maximum absolute atomic E-state index is 13.4. The molecule has 0 heterocycles. The number of amides is 1. The highest BCUT2D eigenvalue weighted by Gasteiger charge is 2.06. The summed E-state index contributed by atoms with van der Waals surface area (Å²) in [6, 6.07) is 13.8. The largest absolute Gasteiger partial charge is 0.355 e. The molecular formula is C16H15ClFNO. The van der Waals surface area contributed by atoms with Crippen LogP contribution in [0.4, 0.5) is 4.39 Å². The monoisotopic (exact) mass is 291 g/mol. The molecule has 4 heteroatoms. The average Bonchev–Trinajstić information content (AvgIpc) is 2.41. The molecule has 0 atom stereocenters. The number of halogens is 2. The lowest BCUT2D eigenvalue weighted by Crippen LogP contribution is -2.27. The summed E-state index contributed by atoms with van der Waals surface area (Å²) in [7, 11) is 0. The van der Waals surface area contributed by atoms with Crippen molar-refractivity contribution in [2.24, 2.45) is 0 Å². The highest BCUT2D eigenvalue weighted by atomic mass is 35.5. The van der Waals surface area contributed by atoms with Crippen LogP contribution in [0.3, 0.4) is 0 Å². The molecular weight excluding hydrogens is 277 g/mol. The highest BCUT2D eigenvalue weighted by Crippen LogP contribution is 2.11. The van der Waals surface area contributed by atoms with E-state index in [1.807, 2.05) is 24.3 Å². The predicted molar refractivity (Wildman–Crippen MR) is 78.3 cm³/mol. The Labute approximate surface area is 122 Å². The van der Waals surface area contributed by atoms with Gasteiger partial charge in [-0.15, -0.1) is 0 Å². The van der Waals surface area contributed by atoms with Crippen molar-refractivity contribution in [3.63, 3.8) is 0 Å². The quantitative estimate of drug-likeness (QED) is 0.899. The van der Waals surface area contributed by atoms with Gasteiger partial charge in [-0.3, -0.25) is 4.79 Å². The SMILES string of the molecule is O=C(Cc1ccccc1F)NCCc1cccc(Cl)c1. The van der Waals surface area contributed by atoms with Crippen molar-refractivity contribution < 1.29 is 9.18 Å². The normalized spacial score (nSPS) is 10.3. The van der Waals surface area contributed by atoms with Crippen molar-refractivity contribution in [1.29, 1.82) is 0 Å². The first-order valence-electron chi connectivity index (χ1n) is 6.40. The van der Waals surface area contributed by atoms with Crippen molar-refractivity contribution >= 4 is 17.5 Å². The number of hydrogen-bond donors (Lipinski definition) is 1. The van der Waals surface area contributed by atoms with Crippen molar-refractivity contribution in [3.8, 4) is 0 Å². The fourth-order valence-electron chi connectivity index (χ4n) is 1.92. The molecule has 1 amide bonds. The lowest BCUT2D eigenvalue weighted by molar-refractivity contribution is -0.120. The van der Waals surface area contributed by atoms with Gasteiger partial charge in [-0.2, -0.15) is 0 Å². The molecule has 0 unspecified atom stereocenters. The van der Waals surface area contributed by atoms with Crippen molar-refractivity contribution in [3.05, 3.63) is 70.5 Å². The fraction of sp³-hybridized carbons (Fsp3) is 0.188. The zero-order valence-electron chi connectivity index (χ0n) is 10.9. The minimum Gasteiger partial charge on any atom is -0.355 e. The first kappa shape index (κ1) is 14.5. The van der Waals surface area contributed by atoms with Crippen LogP contribution in [-0.2, 0) is 17.6 Å². The molecule has 0 aliphatic rings. The predicted octanol–water partition coefficient (Wildman–Crippen LogP) is 3.38. The van der Waals surface area contributed by atoms with E-state index in [4.69, 9.17) is 11.6 Å². The van der Waals surface area contributed by atoms with Crippen LogP contribution >= 0.6 is 11.6 Å². The summed E-state index contributed by atoms with van der Waals surface area (Å²) < 4.78 is 13.4. The number of benzene rings is 2. The Bertz CT molecular complexity index is 601. The number of hydrogen-bond acceptors (Lipinski definition) is 1. The van der Waals surface area contributed by atoms with Gasteiger partial charge in [0.25, 0.3) is 0 Å². The average molecular weight is 292 g/mol.